The quantitative estimate of drug-likeness (QED) is 0.901. The first-order valence-electron chi connectivity index (χ1n) is 9.76. The van der Waals surface area contributed by atoms with Crippen LogP contribution >= 0.6 is 0 Å². The number of carbonyl (C=O) groups excluding carboxylic acids is 1. The van der Waals surface area contributed by atoms with Gasteiger partial charge in [0, 0.05) is 44.0 Å². The van der Waals surface area contributed by atoms with Crippen LogP contribution in [-0.4, -0.2) is 78.5 Å². The van der Waals surface area contributed by atoms with Crippen LogP contribution in [-0.2, 0) is 4.79 Å². The predicted molar refractivity (Wildman–Crippen MR) is 108 cm³/mol. The number of likely N-dealkylation sites (N-methyl/N-ethyl adjacent to an activating group) is 2. The lowest BCUT2D eigenvalue weighted by Crippen LogP contribution is -2.65. The van der Waals surface area contributed by atoms with Crippen LogP contribution in [0, 0.1) is 6.92 Å². The number of anilines is 1. The molecule has 0 aromatic heterocycles. The Morgan fingerprint density at radius 3 is 2.27 bits per heavy atom. The molecular weight excluding hydrogens is 324 g/mol. The number of benzene rings is 1. The van der Waals surface area contributed by atoms with E-state index < -0.39 is 5.54 Å². The summed E-state index contributed by atoms with van der Waals surface area (Å²) in [5, 5.41) is 3.42. The number of nitrogens with zero attached hydrogens (tertiary/aromatic N) is 3. The Morgan fingerprint density at radius 1 is 1.04 bits per heavy atom. The summed E-state index contributed by atoms with van der Waals surface area (Å²) in [5.74, 6) is 0.194. The van der Waals surface area contributed by atoms with Gasteiger partial charge in [-0.15, -0.1) is 0 Å². The van der Waals surface area contributed by atoms with Crippen LogP contribution in [0.4, 0.5) is 5.69 Å². The second-order valence-electron chi connectivity index (χ2n) is 8.79. The molecule has 1 N–H and O–H groups in total. The maximum atomic E-state index is 13.1. The van der Waals surface area contributed by atoms with E-state index in [1.807, 2.05) is 26.0 Å². The number of aryl methyl sites for hydroxylation is 1. The van der Waals surface area contributed by atoms with Crippen LogP contribution in [0.25, 0.3) is 0 Å². The fourth-order valence-electron chi connectivity index (χ4n) is 4.37. The zero-order chi connectivity index (χ0) is 18.9. The van der Waals surface area contributed by atoms with E-state index in [-0.39, 0.29) is 11.4 Å². The molecule has 1 amide bonds. The molecule has 0 saturated carbocycles. The lowest BCUT2D eigenvalue weighted by molar-refractivity contribution is -0.138. The van der Waals surface area contributed by atoms with Crippen molar-refractivity contribution in [2.24, 2.45) is 0 Å². The summed E-state index contributed by atoms with van der Waals surface area (Å²) < 4.78 is 0. The molecule has 0 aliphatic carbocycles. The Labute approximate surface area is 158 Å². The number of amides is 1. The molecule has 144 valence electrons. The second-order valence-corrected chi connectivity index (χ2v) is 8.79. The van der Waals surface area contributed by atoms with Gasteiger partial charge in [-0.1, -0.05) is 17.7 Å². The summed E-state index contributed by atoms with van der Waals surface area (Å²) in [7, 11) is 4.45. The van der Waals surface area contributed by atoms with Gasteiger partial charge in [0.15, 0.2) is 0 Å². The van der Waals surface area contributed by atoms with Crippen molar-refractivity contribution in [1.29, 1.82) is 0 Å². The standard InChI is InChI=1S/C21H34N4O/c1-17-6-8-18(9-7-17)22-20(2,3)19(26)25-12-10-21(11-13-25)16-23(4)14-15-24(21)5/h6-9,22H,10-16H2,1-5H3. The molecule has 3 rings (SSSR count). The van der Waals surface area contributed by atoms with Gasteiger partial charge in [0.25, 0.3) is 0 Å². The summed E-state index contributed by atoms with van der Waals surface area (Å²) in [6.07, 6.45) is 2.11. The lowest BCUT2D eigenvalue weighted by atomic mass is 9.83. The van der Waals surface area contributed by atoms with Crippen molar-refractivity contribution in [3.8, 4) is 0 Å². The van der Waals surface area contributed by atoms with Crippen LogP contribution in [0.1, 0.15) is 32.3 Å². The second kappa shape index (κ2) is 7.20. The molecule has 1 aromatic rings. The van der Waals surface area contributed by atoms with E-state index in [2.05, 4.69) is 53.2 Å². The molecule has 2 aliphatic rings. The van der Waals surface area contributed by atoms with Gasteiger partial charge < -0.3 is 15.1 Å². The van der Waals surface area contributed by atoms with Gasteiger partial charge in [-0.3, -0.25) is 9.69 Å². The molecule has 5 heteroatoms. The minimum Gasteiger partial charge on any atom is -0.372 e. The number of piperidine rings is 1. The minimum atomic E-state index is -0.602. The van der Waals surface area contributed by atoms with Crippen molar-refractivity contribution in [3.63, 3.8) is 0 Å². The normalized spacial score (nSPS) is 21.8. The molecule has 2 heterocycles. The highest BCUT2D eigenvalue weighted by Gasteiger charge is 2.43. The number of hydrogen-bond donors (Lipinski definition) is 1. The van der Waals surface area contributed by atoms with Gasteiger partial charge in [-0.05, 0) is 59.8 Å². The summed E-state index contributed by atoms with van der Waals surface area (Å²) in [6.45, 7) is 11.1. The maximum Gasteiger partial charge on any atom is 0.247 e. The van der Waals surface area contributed by atoms with E-state index >= 15 is 0 Å². The van der Waals surface area contributed by atoms with E-state index in [4.69, 9.17) is 0 Å². The van der Waals surface area contributed by atoms with E-state index in [9.17, 15) is 4.79 Å². The third-order valence-electron chi connectivity index (χ3n) is 6.22. The first-order chi connectivity index (χ1) is 12.2. The average Bonchev–Trinajstić information content (AvgIpc) is 2.60. The molecule has 26 heavy (non-hydrogen) atoms. The Kier molecular flexibility index (Phi) is 5.31. The monoisotopic (exact) mass is 358 g/mol. The zero-order valence-corrected chi connectivity index (χ0v) is 17.0. The van der Waals surface area contributed by atoms with Crippen molar-refractivity contribution >= 4 is 11.6 Å². The van der Waals surface area contributed by atoms with Gasteiger partial charge in [-0.25, -0.2) is 0 Å². The lowest BCUT2D eigenvalue weighted by Gasteiger charge is -2.53. The SMILES string of the molecule is Cc1ccc(NC(C)(C)C(=O)N2CCC3(CC2)CN(C)CCN3C)cc1. The molecule has 2 aliphatic heterocycles. The number of hydrogen-bond acceptors (Lipinski definition) is 4. The maximum absolute atomic E-state index is 13.1. The third-order valence-corrected chi connectivity index (χ3v) is 6.22. The highest BCUT2D eigenvalue weighted by Crippen LogP contribution is 2.32. The average molecular weight is 359 g/mol. The van der Waals surface area contributed by atoms with Crippen LogP contribution < -0.4 is 5.32 Å². The molecule has 0 radical (unpaired) electrons. The number of likely N-dealkylation sites (tertiary alicyclic amines) is 1. The smallest absolute Gasteiger partial charge is 0.247 e. The molecule has 0 atom stereocenters. The van der Waals surface area contributed by atoms with E-state index in [1.54, 1.807) is 0 Å². The first kappa shape index (κ1) is 19.2. The summed E-state index contributed by atoms with van der Waals surface area (Å²) in [5.41, 5.74) is 1.85. The Hall–Kier alpha value is -1.59. The van der Waals surface area contributed by atoms with Crippen molar-refractivity contribution in [2.45, 2.75) is 44.7 Å². The predicted octanol–water partition coefficient (Wildman–Crippen LogP) is 2.42. The zero-order valence-electron chi connectivity index (χ0n) is 17.0. The molecule has 1 spiro atoms. The van der Waals surface area contributed by atoms with Gasteiger partial charge in [0.1, 0.15) is 5.54 Å². The van der Waals surface area contributed by atoms with Crippen LogP contribution in [0.5, 0.6) is 0 Å². The van der Waals surface area contributed by atoms with Crippen LogP contribution in [0.2, 0.25) is 0 Å². The Bertz CT molecular complexity index is 632. The fourth-order valence-corrected chi connectivity index (χ4v) is 4.37. The molecule has 2 fully saturated rings. The van der Waals surface area contributed by atoms with Crippen molar-refractivity contribution < 1.29 is 4.79 Å². The summed E-state index contributed by atoms with van der Waals surface area (Å²) >= 11 is 0. The first-order valence-corrected chi connectivity index (χ1v) is 9.76. The largest absolute Gasteiger partial charge is 0.372 e. The van der Waals surface area contributed by atoms with Crippen LogP contribution in [0.3, 0.4) is 0 Å². The number of rotatable bonds is 3. The summed E-state index contributed by atoms with van der Waals surface area (Å²) in [6, 6.07) is 8.23. The van der Waals surface area contributed by atoms with E-state index in [0.717, 1.165) is 51.3 Å². The molecule has 5 nitrogen and oxygen atoms in total. The summed E-state index contributed by atoms with van der Waals surface area (Å²) in [4.78, 5) is 20.1. The van der Waals surface area contributed by atoms with Gasteiger partial charge in [-0.2, -0.15) is 0 Å². The third kappa shape index (κ3) is 3.89. The number of carbonyl (C=O) groups is 1. The number of piperazine rings is 1. The topological polar surface area (TPSA) is 38.8 Å². The molecule has 2 saturated heterocycles. The van der Waals surface area contributed by atoms with Gasteiger partial charge in [0.2, 0.25) is 5.91 Å². The Balaban J connectivity index is 1.62. The van der Waals surface area contributed by atoms with E-state index in [1.165, 1.54) is 5.56 Å². The number of nitrogens with one attached hydrogen (secondary N) is 1. The van der Waals surface area contributed by atoms with Crippen molar-refractivity contribution in [2.75, 3.05) is 52.1 Å². The molecular formula is C21H34N4O. The minimum absolute atomic E-state index is 0.194. The van der Waals surface area contributed by atoms with Crippen molar-refractivity contribution in [1.82, 2.24) is 14.7 Å². The molecule has 0 bridgehead atoms. The van der Waals surface area contributed by atoms with Gasteiger partial charge in [0.05, 0.1) is 0 Å². The highest BCUT2D eigenvalue weighted by molar-refractivity contribution is 5.88. The molecule has 1 aromatic carbocycles. The van der Waals surface area contributed by atoms with Crippen LogP contribution in [0.15, 0.2) is 24.3 Å². The van der Waals surface area contributed by atoms with Gasteiger partial charge >= 0.3 is 0 Å². The fraction of sp³-hybridized carbons (Fsp3) is 0.667. The van der Waals surface area contributed by atoms with Crippen molar-refractivity contribution in [3.05, 3.63) is 29.8 Å². The Morgan fingerprint density at radius 2 is 1.65 bits per heavy atom. The highest BCUT2D eigenvalue weighted by atomic mass is 16.2. The van der Waals surface area contributed by atoms with E-state index in [0.29, 0.717) is 0 Å². The molecule has 0 unspecified atom stereocenters.